The van der Waals surface area contributed by atoms with Crippen LogP contribution in [0.2, 0.25) is 36.3 Å². The van der Waals surface area contributed by atoms with Crippen molar-refractivity contribution in [3.05, 3.63) is 71.8 Å². The average molecular weight is 671 g/mol. The second-order valence-electron chi connectivity index (χ2n) is 16.2. The fraction of sp³-hybridized carbons (Fsp3) is 0.667. The van der Waals surface area contributed by atoms with E-state index in [1.807, 2.05) is 36.4 Å². The van der Waals surface area contributed by atoms with Crippen molar-refractivity contribution < 1.29 is 23.5 Å². The minimum atomic E-state index is -2.07. The van der Waals surface area contributed by atoms with Crippen molar-refractivity contribution in [1.82, 2.24) is 0 Å². The topological polar surface area (TPSA) is 65.0 Å². The van der Waals surface area contributed by atoms with Crippen molar-refractivity contribution in [1.29, 1.82) is 0 Å². The van der Waals surface area contributed by atoms with Gasteiger partial charge in [0.25, 0.3) is 0 Å². The minimum Gasteiger partial charge on any atom is -0.455 e. The molecule has 1 fully saturated rings. The Hall–Kier alpha value is -1.78. The first kappa shape index (κ1) is 40.4. The molecule has 1 N–H and O–H groups in total. The number of carbonyl (C=O) groups excluding carboxylic acids is 1. The van der Waals surface area contributed by atoms with Crippen LogP contribution in [0.1, 0.15) is 117 Å². The van der Waals surface area contributed by atoms with Crippen LogP contribution in [-0.2, 0) is 13.6 Å². The second-order valence-corrected chi connectivity index (χ2v) is 25.7. The Morgan fingerprint density at radius 2 is 1.63 bits per heavy atom. The van der Waals surface area contributed by atoms with Crippen molar-refractivity contribution in [2.75, 3.05) is 6.61 Å². The Morgan fingerprint density at radius 1 is 0.978 bits per heavy atom. The van der Waals surface area contributed by atoms with Crippen LogP contribution in [0.4, 0.5) is 0 Å². The molecule has 0 radical (unpaired) electrons. The molecule has 1 aliphatic rings. The van der Waals surface area contributed by atoms with Crippen LogP contribution in [0.25, 0.3) is 0 Å². The summed E-state index contributed by atoms with van der Waals surface area (Å²) in [6, 6.07) is 9.15. The highest BCUT2D eigenvalue weighted by Gasteiger charge is 2.47. The molecular weight excluding hydrogens is 605 g/mol. The maximum atomic E-state index is 13.1. The molecule has 1 aromatic rings. The number of unbranched alkanes of at least 4 members (excludes halogenated alkanes) is 3. The SMILES string of the molecule is CCCCC/C=C\C[C@]1(O)CC[C@@H](O[Si](C)(C)C(C)(C)C)/C1=C/C=C/[C@@H](CCCO[Si](C)(C)C(C)(C)C)OC(=O)c1ccccc1. The van der Waals surface area contributed by atoms with Crippen LogP contribution in [0.15, 0.2) is 66.3 Å². The van der Waals surface area contributed by atoms with Gasteiger partial charge < -0.3 is 18.7 Å². The van der Waals surface area contributed by atoms with Gasteiger partial charge in [-0.25, -0.2) is 4.79 Å². The number of carbonyl (C=O) groups is 1. The van der Waals surface area contributed by atoms with Crippen LogP contribution in [0.5, 0.6) is 0 Å². The van der Waals surface area contributed by atoms with Crippen molar-refractivity contribution >= 4 is 22.6 Å². The van der Waals surface area contributed by atoms with Gasteiger partial charge in [-0.3, -0.25) is 0 Å². The van der Waals surface area contributed by atoms with Gasteiger partial charge in [0.1, 0.15) is 6.10 Å². The molecular formula is C39H66O5Si2. The number of benzene rings is 1. The monoisotopic (exact) mass is 670 g/mol. The quantitative estimate of drug-likeness (QED) is 0.0773. The van der Waals surface area contributed by atoms with E-state index in [9.17, 15) is 9.90 Å². The fourth-order valence-electron chi connectivity index (χ4n) is 5.10. The Labute approximate surface area is 284 Å². The molecule has 7 heteroatoms. The number of ether oxygens (including phenoxy) is 1. The van der Waals surface area contributed by atoms with E-state index < -0.39 is 28.3 Å². The van der Waals surface area contributed by atoms with E-state index in [0.717, 1.165) is 24.8 Å². The van der Waals surface area contributed by atoms with Gasteiger partial charge in [0.15, 0.2) is 16.6 Å². The third-order valence-electron chi connectivity index (χ3n) is 10.3. The van der Waals surface area contributed by atoms with E-state index in [4.69, 9.17) is 13.6 Å². The number of allylic oxidation sites excluding steroid dienone is 3. The lowest BCUT2D eigenvalue weighted by molar-refractivity contribution is 0.0369. The zero-order chi connectivity index (χ0) is 34.7. The van der Waals surface area contributed by atoms with Gasteiger partial charge in [0, 0.05) is 6.61 Å². The molecule has 1 aromatic carbocycles. The van der Waals surface area contributed by atoms with Crippen molar-refractivity contribution in [3.63, 3.8) is 0 Å². The first-order valence-corrected chi connectivity index (χ1v) is 23.5. The summed E-state index contributed by atoms with van der Waals surface area (Å²) in [5.41, 5.74) is 0.517. The Kier molecular flexibility index (Phi) is 15.4. The van der Waals surface area contributed by atoms with Gasteiger partial charge >= 0.3 is 5.97 Å². The molecule has 0 saturated heterocycles. The number of hydrogen-bond donors (Lipinski definition) is 1. The summed E-state index contributed by atoms with van der Waals surface area (Å²) in [5, 5.41) is 12.2. The molecule has 1 aliphatic carbocycles. The maximum absolute atomic E-state index is 13.1. The molecule has 0 unspecified atom stereocenters. The summed E-state index contributed by atoms with van der Waals surface area (Å²) >= 11 is 0. The molecule has 1 saturated carbocycles. The predicted molar refractivity (Wildman–Crippen MR) is 199 cm³/mol. The lowest BCUT2D eigenvalue weighted by atomic mass is 9.91. The van der Waals surface area contributed by atoms with Crippen molar-refractivity contribution in [2.24, 2.45) is 0 Å². The molecule has 0 aliphatic heterocycles. The lowest BCUT2D eigenvalue weighted by Crippen LogP contribution is -2.44. The number of esters is 1. The zero-order valence-corrected chi connectivity index (χ0v) is 33.1. The number of hydrogen-bond acceptors (Lipinski definition) is 5. The second kappa shape index (κ2) is 17.6. The molecule has 3 atom stereocenters. The molecule has 2 rings (SSSR count). The summed E-state index contributed by atoms with van der Waals surface area (Å²) in [4.78, 5) is 13.1. The van der Waals surface area contributed by atoms with Crippen LogP contribution in [-0.4, -0.2) is 52.1 Å². The van der Waals surface area contributed by atoms with E-state index in [2.05, 4.69) is 86.8 Å². The smallest absolute Gasteiger partial charge is 0.338 e. The molecule has 0 bridgehead atoms. The molecule has 260 valence electrons. The third kappa shape index (κ3) is 12.4. The lowest BCUT2D eigenvalue weighted by Gasteiger charge is -2.39. The zero-order valence-electron chi connectivity index (χ0n) is 31.1. The molecule has 0 aromatic heterocycles. The summed E-state index contributed by atoms with van der Waals surface area (Å²) < 4.78 is 19.3. The van der Waals surface area contributed by atoms with Crippen LogP contribution >= 0.6 is 0 Å². The van der Waals surface area contributed by atoms with Gasteiger partial charge in [0.2, 0.25) is 0 Å². The van der Waals surface area contributed by atoms with E-state index in [1.54, 1.807) is 12.1 Å². The Bertz CT molecular complexity index is 1160. The van der Waals surface area contributed by atoms with Crippen molar-refractivity contribution in [3.8, 4) is 0 Å². The molecule has 46 heavy (non-hydrogen) atoms. The van der Waals surface area contributed by atoms with Crippen LogP contribution in [0, 0.1) is 0 Å². The minimum absolute atomic E-state index is 0.0665. The Morgan fingerprint density at radius 3 is 2.24 bits per heavy atom. The predicted octanol–water partition coefficient (Wildman–Crippen LogP) is 10.9. The summed E-state index contributed by atoms with van der Waals surface area (Å²) in [7, 11) is -3.93. The first-order valence-electron chi connectivity index (χ1n) is 17.7. The fourth-order valence-corrected chi connectivity index (χ4v) is 7.50. The standard InChI is InChI=1S/C39H66O5Si2/c1-12-13-14-15-16-20-29-39(41)30-28-35(44-46(10,11)38(5,6)7)34(39)27-21-25-33(43-36(40)32-23-18-17-19-24-32)26-22-31-42-45(8,9)37(2,3)4/h16-21,23-25,27,33,35,41H,12-15,22,26,28-31H2,1-11H3/b20-16-,25-21+,34-27-/t33-,35+,39-/m0/s1. The van der Waals surface area contributed by atoms with E-state index in [-0.39, 0.29) is 22.1 Å². The number of aliphatic hydroxyl groups is 1. The van der Waals surface area contributed by atoms with Gasteiger partial charge in [-0.15, -0.1) is 0 Å². The van der Waals surface area contributed by atoms with E-state index >= 15 is 0 Å². The third-order valence-corrected chi connectivity index (χ3v) is 19.3. The summed E-state index contributed by atoms with van der Waals surface area (Å²) in [6.45, 7) is 25.4. The highest BCUT2D eigenvalue weighted by atomic mass is 28.4. The average Bonchev–Trinajstić information content (AvgIpc) is 3.26. The molecule has 5 nitrogen and oxygen atoms in total. The van der Waals surface area contributed by atoms with E-state index in [0.29, 0.717) is 31.4 Å². The highest BCUT2D eigenvalue weighted by molar-refractivity contribution is 6.74. The molecule has 0 heterocycles. The van der Waals surface area contributed by atoms with Crippen LogP contribution < -0.4 is 0 Å². The maximum Gasteiger partial charge on any atom is 0.338 e. The number of rotatable bonds is 17. The molecule has 0 amide bonds. The highest BCUT2D eigenvalue weighted by Crippen LogP contribution is 2.45. The van der Waals surface area contributed by atoms with E-state index in [1.165, 1.54) is 19.3 Å². The first-order chi connectivity index (χ1) is 21.3. The van der Waals surface area contributed by atoms with Gasteiger partial charge in [0.05, 0.1) is 17.3 Å². The van der Waals surface area contributed by atoms with Crippen LogP contribution in [0.3, 0.4) is 0 Å². The molecule has 0 spiro atoms. The summed E-state index contributed by atoms with van der Waals surface area (Å²) in [6.07, 6.45) is 17.9. The largest absolute Gasteiger partial charge is 0.455 e. The van der Waals surface area contributed by atoms with Gasteiger partial charge in [-0.1, -0.05) is 104 Å². The Balaban J connectivity index is 2.31. The normalized spacial score (nSPS) is 21.5. The van der Waals surface area contributed by atoms with Crippen molar-refractivity contribution in [2.45, 2.75) is 160 Å². The summed E-state index contributed by atoms with van der Waals surface area (Å²) in [5.74, 6) is -0.335. The van der Waals surface area contributed by atoms with Gasteiger partial charge in [-0.2, -0.15) is 0 Å². The van der Waals surface area contributed by atoms with Gasteiger partial charge in [-0.05, 0) is 105 Å².